The second kappa shape index (κ2) is 7.14. The summed E-state index contributed by atoms with van der Waals surface area (Å²) in [6, 6.07) is 0.370. The van der Waals surface area contributed by atoms with Crippen molar-refractivity contribution in [1.29, 1.82) is 0 Å². The van der Waals surface area contributed by atoms with E-state index in [-0.39, 0.29) is 12.0 Å². The predicted octanol–water partition coefficient (Wildman–Crippen LogP) is 1.87. The molecule has 2 aliphatic rings. The molecular formula is C15H28N2O2S. The molecule has 2 rings (SSSR count). The molecule has 0 saturated carbocycles. The van der Waals surface area contributed by atoms with Crippen LogP contribution in [0.1, 0.15) is 39.5 Å². The van der Waals surface area contributed by atoms with Gasteiger partial charge in [0.2, 0.25) is 5.91 Å². The van der Waals surface area contributed by atoms with Gasteiger partial charge in [0.15, 0.2) is 0 Å². The van der Waals surface area contributed by atoms with Gasteiger partial charge in [0.1, 0.15) is 0 Å². The molecule has 0 aromatic rings. The topological polar surface area (TPSA) is 55.6 Å². The fraction of sp³-hybridized carbons (Fsp3) is 0.933. The highest BCUT2D eigenvalue weighted by atomic mass is 32.2. The Morgan fingerprint density at radius 2 is 2.30 bits per heavy atom. The molecule has 0 radical (unpaired) electrons. The fourth-order valence-electron chi connectivity index (χ4n) is 2.90. The molecule has 3 atom stereocenters. The Balaban J connectivity index is 2.09. The van der Waals surface area contributed by atoms with E-state index >= 15 is 0 Å². The Morgan fingerprint density at radius 3 is 2.80 bits per heavy atom. The van der Waals surface area contributed by atoms with Crippen molar-refractivity contribution in [3.8, 4) is 0 Å². The first-order chi connectivity index (χ1) is 9.60. The van der Waals surface area contributed by atoms with Gasteiger partial charge in [0.05, 0.1) is 11.5 Å². The molecule has 2 heterocycles. The van der Waals surface area contributed by atoms with Crippen molar-refractivity contribution in [3.05, 3.63) is 0 Å². The largest absolute Gasteiger partial charge is 0.376 e. The van der Waals surface area contributed by atoms with Crippen molar-refractivity contribution in [2.75, 3.05) is 31.2 Å². The van der Waals surface area contributed by atoms with Crippen molar-refractivity contribution in [2.24, 2.45) is 11.1 Å². The first-order valence-corrected chi connectivity index (χ1v) is 8.96. The van der Waals surface area contributed by atoms with Gasteiger partial charge in [-0.15, -0.1) is 0 Å². The molecule has 5 heteroatoms. The third-order valence-corrected chi connectivity index (χ3v) is 5.92. The summed E-state index contributed by atoms with van der Waals surface area (Å²) >= 11 is 1.95. The molecular weight excluding hydrogens is 272 g/mol. The Bertz CT molecular complexity index is 322. The SMILES string of the molecule is CCC(C)(CN)C(=O)N(CC1CCCO1)C1CCSC1. The maximum Gasteiger partial charge on any atom is 0.230 e. The summed E-state index contributed by atoms with van der Waals surface area (Å²) in [7, 11) is 0. The second-order valence-corrected chi connectivity index (χ2v) is 7.38. The van der Waals surface area contributed by atoms with E-state index in [0.717, 1.165) is 50.3 Å². The minimum atomic E-state index is -0.425. The van der Waals surface area contributed by atoms with Gasteiger partial charge in [-0.2, -0.15) is 11.8 Å². The maximum atomic E-state index is 13.0. The molecule has 1 amide bonds. The highest BCUT2D eigenvalue weighted by Gasteiger charge is 2.39. The van der Waals surface area contributed by atoms with E-state index in [4.69, 9.17) is 10.5 Å². The fourth-order valence-corrected chi connectivity index (χ4v) is 4.13. The first-order valence-electron chi connectivity index (χ1n) is 7.81. The number of hydrogen-bond acceptors (Lipinski definition) is 4. The molecule has 2 N–H and O–H groups in total. The zero-order chi connectivity index (χ0) is 14.6. The summed E-state index contributed by atoms with van der Waals surface area (Å²) in [5.41, 5.74) is 5.45. The number of hydrogen-bond donors (Lipinski definition) is 1. The van der Waals surface area contributed by atoms with Crippen LogP contribution in [0.2, 0.25) is 0 Å². The molecule has 2 aliphatic heterocycles. The first kappa shape index (κ1) is 16.1. The lowest BCUT2D eigenvalue weighted by Crippen LogP contribution is -2.52. The number of thioether (sulfide) groups is 1. The van der Waals surface area contributed by atoms with Crippen LogP contribution in [0.15, 0.2) is 0 Å². The van der Waals surface area contributed by atoms with Gasteiger partial charge in [-0.1, -0.05) is 6.92 Å². The van der Waals surface area contributed by atoms with Gasteiger partial charge in [-0.3, -0.25) is 4.79 Å². The minimum Gasteiger partial charge on any atom is -0.376 e. The average Bonchev–Trinajstić information content (AvgIpc) is 3.15. The number of carbonyl (C=O) groups is 1. The number of amides is 1. The molecule has 2 fully saturated rings. The summed E-state index contributed by atoms with van der Waals surface area (Å²) in [6.07, 6.45) is 4.32. The minimum absolute atomic E-state index is 0.225. The van der Waals surface area contributed by atoms with Crippen LogP contribution >= 0.6 is 11.8 Å². The molecule has 2 saturated heterocycles. The molecule has 0 spiro atoms. The van der Waals surface area contributed by atoms with E-state index in [9.17, 15) is 4.79 Å². The monoisotopic (exact) mass is 300 g/mol. The van der Waals surface area contributed by atoms with Crippen LogP contribution < -0.4 is 5.73 Å². The number of nitrogens with two attached hydrogens (primary N) is 1. The summed E-state index contributed by atoms with van der Waals surface area (Å²) in [5, 5.41) is 0. The van der Waals surface area contributed by atoms with Gasteiger partial charge in [-0.25, -0.2) is 0 Å². The van der Waals surface area contributed by atoms with E-state index in [1.54, 1.807) is 0 Å². The lowest BCUT2D eigenvalue weighted by molar-refractivity contribution is -0.144. The van der Waals surface area contributed by atoms with E-state index < -0.39 is 5.41 Å². The average molecular weight is 300 g/mol. The summed E-state index contributed by atoms with van der Waals surface area (Å²) in [5.74, 6) is 2.44. The third-order valence-electron chi connectivity index (χ3n) is 4.78. The Kier molecular flexibility index (Phi) is 5.75. The van der Waals surface area contributed by atoms with Crippen LogP contribution in [0.25, 0.3) is 0 Å². The Hall–Kier alpha value is -0.260. The van der Waals surface area contributed by atoms with E-state index in [1.807, 2.05) is 18.7 Å². The lowest BCUT2D eigenvalue weighted by Gasteiger charge is -2.37. The molecule has 0 aliphatic carbocycles. The maximum absolute atomic E-state index is 13.0. The number of nitrogens with zero attached hydrogens (tertiary/aromatic N) is 1. The summed E-state index contributed by atoms with van der Waals surface area (Å²) < 4.78 is 5.74. The van der Waals surface area contributed by atoms with Gasteiger partial charge >= 0.3 is 0 Å². The molecule has 3 unspecified atom stereocenters. The standard InChI is InChI=1S/C15H28N2O2S/c1-3-15(2,11-16)14(18)17(12-6-8-20-10-12)9-13-5-4-7-19-13/h12-13H,3-11,16H2,1-2H3. The summed E-state index contributed by atoms with van der Waals surface area (Å²) in [6.45, 7) is 6.07. The molecule has 0 aromatic heterocycles. The van der Waals surface area contributed by atoms with Gasteiger partial charge in [0, 0.05) is 31.5 Å². The Labute approximate surface area is 126 Å². The van der Waals surface area contributed by atoms with Gasteiger partial charge in [0.25, 0.3) is 0 Å². The summed E-state index contributed by atoms with van der Waals surface area (Å²) in [4.78, 5) is 15.1. The lowest BCUT2D eigenvalue weighted by atomic mass is 9.85. The number of rotatable bonds is 6. The molecule has 116 valence electrons. The van der Waals surface area contributed by atoms with Crippen molar-refractivity contribution in [1.82, 2.24) is 4.90 Å². The normalized spacial score (nSPS) is 29.4. The number of ether oxygens (including phenoxy) is 1. The van der Waals surface area contributed by atoms with Crippen LogP contribution in [0.4, 0.5) is 0 Å². The molecule has 20 heavy (non-hydrogen) atoms. The number of carbonyl (C=O) groups excluding carboxylic acids is 1. The molecule has 0 aromatic carbocycles. The predicted molar refractivity (Wildman–Crippen MR) is 83.9 cm³/mol. The van der Waals surface area contributed by atoms with Gasteiger partial charge < -0.3 is 15.4 Å². The van der Waals surface area contributed by atoms with Crippen molar-refractivity contribution >= 4 is 17.7 Å². The quantitative estimate of drug-likeness (QED) is 0.814. The molecule has 4 nitrogen and oxygen atoms in total. The second-order valence-electron chi connectivity index (χ2n) is 6.23. The van der Waals surface area contributed by atoms with Crippen molar-refractivity contribution < 1.29 is 9.53 Å². The highest BCUT2D eigenvalue weighted by molar-refractivity contribution is 7.99. The van der Waals surface area contributed by atoms with Crippen LogP contribution in [0.3, 0.4) is 0 Å². The molecule has 0 bridgehead atoms. The Morgan fingerprint density at radius 1 is 1.50 bits per heavy atom. The third kappa shape index (κ3) is 3.49. The zero-order valence-corrected chi connectivity index (χ0v) is 13.6. The van der Waals surface area contributed by atoms with Crippen molar-refractivity contribution in [2.45, 2.75) is 51.7 Å². The van der Waals surface area contributed by atoms with E-state index in [0.29, 0.717) is 12.6 Å². The highest BCUT2D eigenvalue weighted by Crippen LogP contribution is 2.30. The van der Waals surface area contributed by atoms with Crippen molar-refractivity contribution in [3.63, 3.8) is 0 Å². The van der Waals surface area contributed by atoms with Crippen LogP contribution in [0, 0.1) is 5.41 Å². The van der Waals surface area contributed by atoms with Gasteiger partial charge in [-0.05, 0) is 38.4 Å². The smallest absolute Gasteiger partial charge is 0.230 e. The van der Waals surface area contributed by atoms with Crippen LogP contribution in [-0.2, 0) is 9.53 Å². The van der Waals surface area contributed by atoms with Crippen LogP contribution in [0.5, 0.6) is 0 Å². The van der Waals surface area contributed by atoms with Crippen LogP contribution in [-0.4, -0.2) is 54.2 Å². The van der Waals surface area contributed by atoms with E-state index in [1.165, 1.54) is 0 Å². The van der Waals surface area contributed by atoms with E-state index in [2.05, 4.69) is 11.8 Å². The zero-order valence-electron chi connectivity index (χ0n) is 12.8.